The summed E-state index contributed by atoms with van der Waals surface area (Å²) in [6.45, 7) is 5.40. The number of rotatable bonds is 0. The predicted molar refractivity (Wildman–Crippen MR) is 40.0 cm³/mol. The fraction of sp³-hybridized carbons (Fsp3) is 1.00. The lowest BCUT2D eigenvalue weighted by Gasteiger charge is -2.18. The van der Waals surface area contributed by atoms with Gasteiger partial charge in [-0.25, -0.2) is 0 Å². The van der Waals surface area contributed by atoms with Crippen LogP contribution in [0.2, 0.25) is 0 Å². The van der Waals surface area contributed by atoms with Gasteiger partial charge in [-0.2, -0.15) is 0 Å². The van der Waals surface area contributed by atoms with Crippen molar-refractivity contribution < 1.29 is 4.74 Å². The van der Waals surface area contributed by atoms with E-state index in [1.54, 1.807) is 0 Å². The van der Waals surface area contributed by atoms with Gasteiger partial charge in [-0.1, -0.05) is 0 Å². The lowest BCUT2D eigenvalue weighted by molar-refractivity contribution is 0.159. The van der Waals surface area contributed by atoms with Crippen molar-refractivity contribution >= 4 is 0 Å². The number of nitrogens with one attached hydrogen (secondary N) is 1. The summed E-state index contributed by atoms with van der Waals surface area (Å²) in [4.78, 5) is 0. The van der Waals surface area contributed by atoms with Crippen LogP contribution in [-0.2, 0) is 4.74 Å². The zero-order chi connectivity index (χ0) is 7.03. The predicted octanol–water partition coefficient (Wildman–Crippen LogP) is 0.775. The van der Waals surface area contributed by atoms with E-state index in [4.69, 9.17) is 4.74 Å². The van der Waals surface area contributed by atoms with Crippen LogP contribution in [0.25, 0.3) is 0 Å². The van der Waals surface area contributed by atoms with Gasteiger partial charge in [-0.05, 0) is 19.8 Å². The van der Waals surface area contributed by atoms with Crippen LogP contribution in [0, 0.1) is 5.41 Å². The highest BCUT2D eigenvalue weighted by molar-refractivity contribution is 4.94. The lowest BCUT2D eigenvalue weighted by Crippen LogP contribution is -2.23. The minimum Gasteiger partial charge on any atom is -0.381 e. The third kappa shape index (κ3) is 0.956. The molecule has 2 rings (SSSR count). The summed E-state index contributed by atoms with van der Waals surface area (Å²) in [5, 5.41) is 3.47. The molecule has 2 fully saturated rings. The van der Waals surface area contributed by atoms with Gasteiger partial charge in [0.05, 0.1) is 6.61 Å². The molecule has 1 unspecified atom stereocenters. The van der Waals surface area contributed by atoms with Crippen molar-refractivity contribution in [3.05, 3.63) is 0 Å². The standard InChI is InChI=1S/C8H15NO/c1-7-4-8(5-9-7)2-3-10-6-8/h7,9H,2-6H2,1H3/t7?,8-/m1/s1. The van der Waals surface area contributed by atoms with E-state index in [-0.39, 0.29) is 0 Å². The Balaban J connectivity index is 2.03. The smallest absolute Gasteiger partial charge is 0.0536 e. The van der Waals surface area contributed by atoms with Crippen molar-refractivity contribution in [2.45, 2.75) is 25.8 Å². The first-order chi connectivity index (χ1) is 4.81. The Hall–Kier alpha value is -0.0800. The quantitative estimate of drug-likeness (QED) is 0.538. The van der Waals surface area contributed by atoms with Crippen molar-refractivity contribution in [3.8, 4) is 0 Å². The molecule has 0 aromatic heterocycles. The second-order valence-electron chi connectivity index (χ2n) is 3.79. The molecule has 1 spiro atoms. The van der Waals surface area contributed by atoms with Gasteiger partial charge in [0, 0.05) is 24.6 Å². The summed E-state index contributed by atoms with van der Waals surface area (Å²) in [7, 11) is 0. The van der Waals surface area contributed by atoms with E-state index in [1.165, 1.54) is 19.4 Å². The van der Waals surface area contributed by atoms with Gasteiger partial charge >= 0.3 is 0 Å². The van der Waals surface area contributed by atoms with Crippen LogP contribution in [-0.4, -0.2) is 25.8 Å². The summed E-state index contributed by atoms with van der Waals surface area (Å²) in [6, 6.07) is 0.710. The molecule has 0 bridgehead atoms. The largest absolute Gasteiger partial charge is 0.381 e. The molecule has 0 aromatic carbocycles. The molecule has 2 heteroatoms. The first kappa shape index (κ1) is 6.62. The highest BCUT2D eigenvalue weighted by atomic mass is 16.5. The zero-order valence-electron chi connectivity index (χ0n) is 6.52. The number of ether oxygens (including phenoxy) is 1. The monoisotopic (exact) mass is 141 g/mol. The van der Waals surface area contributed by atoms with Gasteiger partial charge in [0.1, 0.15) is 0 Å². The van der Waals surface area contributed by atoms with Gasteiger partial charge in [0.15, 0.2) is 0 Å². The molecule has 2 atom stereocenters. The van der Waals surface area contributed by atoms with Crippen LogP contribution in [0.5, 0.6) is 0 Å². The van der Waals surface area contributed by atoms with E-state index >= 15 is 0 Å². The Morgan fingerprint density at radius 1 is 1.60 bits per heavy atom. The average molecular weight is 141 g/mol. The first-order valence-electron chi connectivity index (χ1n) is 4.12. The van der Waals surface area contributed by atoms with Crippen molar-refractivity contribution in [2.75, 3.05) is 19.8 Å². The molecule has 2 aliphatic heterocycles. The van der Waals surface area contributed by atoms with Crippen LogP contribution in [0.3, 0.4) is 0 Å². The van der Waals surface area contributed by atoms with Crippen LogP contribution < -0.4 is 5.32 Å². The molecular weight excluding hydrogens is 126 g/mol. The van der Waals surface area contributed by atoms with Crippen molar-refractivity contribution in [1.82, 2.24) is 5.32 Å². The fourth-order valence-electron chi connectivity index (χ4n) is 2.13. The van der Waals surface area contributed by atoms with E-state index in [9.17, 15) is 0 Å². The SMILES string of the molecule is CC1C[C@]2(CCOC2)CN1. The second-order valence-corrected chi connectivity index (χ2v) is 3.79. The molecule has 2 nitrogen and oxygen atoms in total. The maximum Gasteiger partial charge on any atom is 0.0536 e. The highest BCUT2D eigenvalue weighted by Gasteiger charge is 2.40. The van der Waals surface area contributed by atoms with E-state index in [0.29, 0.717) is 11.5 Å². The van der Waals surface area contributed by atoms with E-state index in [0.717, 1.165) is 13.2 Å². The normalized spacial score (nSPS) is 47.1. The summed E-state index contributed by atoms with van der Waals surface area (Å²) >= 11 is 0. The molecule has 2 aliphatic rings. The van der Waals surface area contributed by atoms with E-state index < -0.39 is 0 Å². The molecule has 0 amide bonds. The third-order valence-corrected chi connectivity index (χ3v) is 2.75. The molecule has 0 aliphatic carbocycles. The molecule has 0 aromatic rings. The second kappa shape index (κ2) is 2.21. The Bertz CT molecular complexity index is 129. The molecule has 0 saturated carbocycles. The van der Waals surface area contributed by atoms with Crippen LogP contribution >= 0.6 is 0 Å². The Labute approximate surface area is 61.9 Å². The average Bonchev–Trinajstić information content (AvgIpc) is 2.46. The van der Waals surface area contributed by atoms with Gasteiger partial charge < -0.3 is 10.1 Å². The molecule has 2 heterocycles. The third-order valence-electron chi connectivity index (χ3n) is 2.75. The molecule has 0 radical (unpaired) electrons. The number of hydrogen-bond donors (Lipinski definition) is 1. The topological polar surface area (TPSA) is 21.3 Å². The van der Waals surface area contributed by atoms with Crippen molar-refractivity contribution in [3.63, 3.8) is 0 Å². The molecule has 10 heavy (non-hydrogen) atoms. The summed E-state index contributed by atoms with van der Waals surface area (Å²) < 4.78 is 5.39. The summed E-state index contributed by atoms with van der Waals surface area (Å²) in [6.07, 6.45) is 2.58. The molecule has 1 N–H and O–H groups in total. The molecule has 58 valence electrons. The zero-order valence-corrected chi connectivity index (χ0v) is 6.52. The maximum atomic E-state index is 5.39. The first-order valence-corrected chi connectivity index (χ1v) is 4.12. The van der Waals surface area contributed by atoms with Crippen LogP contribution in [0.4, 0.5) is 0 Å². The van der Waals surface area contributed by atoms with Gasteiger partial charge in [-0.15, -0.1) is 0 Å². The molecular formula is C8H15NO. The van der Waals surface area contributed by atoms with Crippen LogP contribution in [0.15, 0.2) is 0 Å². The summed E-state index contributed by atoms with van der Waals surface area (Å²) in [5.74, 6) is 0. The van der Waals surface area contributed by atoms with Gasteiger partial charge in [0.2, 0.25) is 0 Å². The van der Waals surface area contributed by atoms with Crippen molar-refractivity contribution in [2.24, 2.45) is 5.41 Å². The van der Waals surface area contributed by atoms with E-state index in [1.807, 2.05) is 0 Å². The van der Waals surface area contributed by atoms with Crippen LogP contribution in [0.1, 0.15) is 19.8 Å². The fourth-order valence-corrected chi connectivity index (χ4v) is 2.13. The molecule has 2 saturated heterocycles. The Morgan fingerprint density at radius 2 is 2.50 bits per heavy atom. The summed E-state index contributed by atoms with van der Waals surface area (Å²) in [5.41, 5.74) is 0.527. The maximum absolute atomic E-state index is 5.39. The Kier molecular flexibility index (Phi) is 1.46. The van der Waals surface area contributed by atoms with Gasteiger partial charge in [-0.3, -0.25) is 0 Å². The van der Waals surface area contributed by atoms with Crippen molar-refractivity contribution in [1.29, 1.82) is 0 Å². The van der Waals surface area contributed by atoms with Gasteiger partial charge in [0.25, 0.3) is 0 Å². The minimum atomic E-state index is 0.527. The number of hydrogen-bond acceptors (Lipinski definition) is 2. The lowest BCUT2D eigenvalue weighted by atomic mass is 9.85. The van der Waals surface area contributed by atoms with E-state index in [2.05, 4.69) is 12.2 Å². The highest BCUT2D eigenvalue weighted by Crippen LogP contribution is 2.36. The Morgan fingerprint density at radius 3 is 3.00 bits per heavy atom. The minimum absolute atomic E-state index is 0.527.